The Labute approximate surface area is 110 Å². The number of nitrogens with one attached hydrogen (secondary N) is 1. The Morgan fingerprint density at radius 3 is 3.22 bits per heavy atom. The molecule has 4 heteroatoms. The van der Waals surface area contributed by atoms with E-state index in [4.69, 9.17) is 4.42 Å². The number of fused-ring (bicyclic) bond motifs is 1. The first-order chi connectivity index (χ1) is 8.88. The molecule has 0 aromatic carbocycles. The molecule has 2 aromatic heterocycles. The monoisotopic (exact) mass is 263 g/mol. The summed E-state index contributed by atoms with van der Waals surface area (Å²) < 4.78 is 5.38. The highest BCUT2D eigenvalue weighted by atomic mass is 32.1. The second-order valence-electron chi connectivity index (χ2n) is 4.66. The second-order valence-corrected chi connectivity index (χ2v) is 5.66. The van der Waals surface area contributed by atoms with Crippen LogP contribution in [0.15, 0.2) is 34.3 Å². The normalized spacial score (nSPS) is 20.6. The highest BCUT2D eigenvalue weighted by Crippen LogP contribution is 2.34. The topological polar surface area (TPSA) is 45.4 Å². The van der Waals surface area contributed by atoms with Crippen LogP contribution in [0.2, 0.25) is 0 Å². The maximum absolute atomic E-state index is 9.51. The largest absolute Gasteiger partial charge is 0.468 e. The van der Waals surface area contributed by atoms with Crippen molar-refractivity contribution < 1.29 is 9.52 Å². The van der Waals surface area contributed by atoms with Gasteiger partial charge < -0.3 is 9.52 Å². The van der Waals surface area contributed by atoms with Crippen LogP contribution in [-0.2, 0) is 6.42 Å². The number of hydrogen-bond acceptors (Lipinski definition) is 4. The van der Waals surface area contributed by atoms with E-state index in [1.165, 1.54) is 23.3 Å². The van der Waals surface area contributed by atoms with Gasteiger partial charge in [-0.2, -0.15) is 0 Å². The fourth-order valence-corrected chi connectivity index (χ4v) is 3.60. The maximum Gasteiger partial charge on any atom is 0.123 e. The molecule has 2 N–H and O–H groups in total. The zero-order valence-electron chi connectivity index (χ0n) is 10.1. The molecule has 0 bridgehead atoms. The van der Waals surface area contributed by atoms with Crippen molar-refractivity contribution >= 4 is 11.3 Å². The van der Waals surface area contributed by atoms with E-state index in [-0.39, 0.29) is 12.6 Å². The molecule has 2 atom stereocenters. The smallest absolute Gasteiger partial charge is 0.123 e. The van der Waals surface area contributed by atoms with E-state index in [0.717, 1.165) is 12.2 Å². The molecule has 96 valence electrons. The van der Waals surface area contributed by atoms with Crippen LogP contribution in [-0.4, -0.2) is 11.7 Å². The first-order valence-electron chi connectivity index (χ1n) is 6.35. The fourth-order valence-electron chi connectivity index (χ4n) is 2.62. The van der Waals surface area contributed by atoms with Crippen molar-refractivity contribution in [2.45, 2.75) is 31.3 Å². The number of thiophene rings is 1. The second kappa shape index (κ2) is 5.26. The number of aliphatic hydroxyl groups excluding tert-OH is 1. The number of hydrogen-bond donors (Lipinski definition) is 2. The Morgan fingerprint density at radius 2 is 2.44 bits per heavy atom. The molecule has 0 radical (unpaired) electrons. The number of furan rings is 1. The van der Waals surface area contributed by atoms with Crippen LogP contribution in [0.5, 0.6) is 0 Å². The van der Waals surface area contributed by atoms with Crippen LogP contribution < -0.4 is 5.32 Å². The van der Waals surface area contributed by atoms with E-state index in [9.17, 15) is 5.11 Å². The molecule has 0 spiro atoms. The predicted molar refractivity (Wildman–Crippen MR) is 71.7 cm³/mol. The van der Waals surface area contributed by atoms with Gasteiger partial charge in [0, 0.05) is 10.9 Å². The van der Waals surface area contributed by atoms with Gasteiger partial charge >= 0.3 is 0 Å². The summed E-state index contributed by atoms with van der Waals surface area (Å²) in [4.78, 5) is 1.48. The molecule has 2 aromatic rings. The highest BCUT2D eigenvalue weighted by molar-refractivity contribution is 7.10. The third-order valence-corrected chi connectivity index (χ3v) is 4.52. The Morgan fingerprint density at radius 1 is 1.50 bits per heavy atom. The van der Waals surface area contributed by atoms with Crippen LogP contribution in [0.1, 0.15) is 41.1 Å². The SMILES string of the molecule is OCC(NC1CCCc2sccc21)c1ccco1. The lowest BCUT2D eigenvalue weighted by Crippen LogP contribution is -2.30. The molecule has 2 unspecified atom stereocenters. The minimum Gasteiger partial charge on any atom is -0.468 e. The first kappa shape index (κ1) is 12.0. The third-order valence-electron chi connectivity index (χ3n) is 3.52. The van der Waals surface area contributed by atoms with Crippen LogP contribution >= 0.6 is 11.3 Å². The molecule has 3 nitrogen and oxygen atoms in total. The minimum absolute atomic E-state index is 0.0590. The van der Waals surface area contributed by atoms with Gasteiger partial charge in [0.1, 0.15) is 5.76 Å². The van der Waals surface area contributed by atoms with E-state index in [1.54, 1.807) is 6.26 Å². The number of aliphatic hydroxyl groups is 1. The van der Waals surface area contributed by atoms with Crippen LogP contribution in [0.3, 0.4) is 0 Å². The lowest BCUT2D eigenvalue weighted by molar-refractivity contribution is 0.210. The molecule has 0 saturated carbocycles. The molecule has 1 aliphatic carbocycles. The lowest BCUT2D eigenvalue weighted by atomic mass is 9.93. The molecule has 3 rings (SSSR count). The Hall–Kier alpha value is -1.10. The third kappa shape index (κ3) is 2.23. The van der Waals surface area contributed by atoms with Gasteiger partial charge in [-0.05, 0) is 48.4 Å². The maximum atomic E-state index is 9.51. The van der Waals surface area contributed by atoms with Gasteiger partial charge in [-0.15, -0.1) is 11.3 Å². The van der Waals surface area contributed by atoms with Gasteiger partial charge in [0.2, 0.25) is 0 Å². The van der Waals surface area contributed by atoms with Crippen LogP contribution in [0, 0.1) is 0 Å². The van der Waals surface area contributed by atoms with Gasteiger partial charge in [-0.25, -0.2) is 0 Å². The zero-order chi connectivity index (χ0) is 12.4. The summed E-state index contributed by atoms with van der Waals surface area (Å²) in [5.74, 6) is 0.805. The summed E-state index contributed by atoms with van der Waals surface area (Å²) >= 11 is 1.84. The standard InChI is InChI=1S/C14H17NO2S/c16-9-12(13-4-2-7-17-13)15-11-3-1-5-14-10(11)6-8-18-14/h2,4,6-8,11-12,15-16H,1,3,5,9H2. The van der Waals surface area contributed by atoms with Crippen molar-refractivity contribution in [3.63, 3.8) is 0 Å². The Kier molecular flexibility index (Phi) is 3.50. The summed E-state index contributed by atoms with van der Waals surface area (Å²) in [6, 6.07) is 6.19. The van der Waals surface area contributed by atoms with Crippen molar-refractivity contribution in [2.24, 2.45) is 0 Å². The first-order valence-corrected chi connectivity index (χ1v) is 7.23. The van der Waals surface area contributed by atoms with Crippen molar-refractivity contribution in [1.29, 1.82) is 0 Å². The molecule has 0 saturated heterocycles. The van der Waals surface area contributed by atoms with Crippen LogP contribution in [0.4, 0.5) is 0 Å². The molecule has 0 aliphatic heterocycles. The van der Waals surface area contributed by atoms with E-state index >= 15 is 0 Å². The quantitative estimate of drug-likeness (QED) is 0.891. The average molecular weight is 263 g/mol. The Bertz CT molecular complexity index is 492. The molecule has 1 aliphatic rings. The lowest BCUT2D eigenvalue weighted by Gasteiger charge is -2.27. The number of aryl methyl sites for hydroxylation is 1. The zero-order valence-corrected chi connectivity index (χ0v) is 11.0. The molecular weight excluding hydrogens is 246 g/mol. The van der Waals surface area contributed by atoms with Gasteiger partial charge in [-0.3, -0.25) is 5.32 Å². The van der Waals surface area contributed by atoms with Gasteiger partial charge in [0.25, 0.3) is 0 Å². The van der Waals surface area contributed by atoms with E-state index in [1.807, 2.05) is 23.5 Å². The molecule has 0 amide bonds. The van der Waals surface area contributed by atoms with Crippen molar-refractivity contribution in [3.8, 4) is 0 Å². The summed E-state index contributed by atoms with van der Waals surface area (Å²) in [5.41, 5.74) is 1.40. The molecule has 18 heavy (non-hydrogen) atoms. The molecule has 0 fully saturated rings. The van der Waals surface area contributed by atoms with Crippen molar-refractivity contribution in [1.82, 2.24) is 5.32 Å². The van der Waals surface area contributed by atoms with Crippen LogP contribution in [0.25, 0.3) is 0 Å². The number of rotatable bonds is 4. The van der Waals surface area contributed by atoms with Gasteiger partial charge in [0.05, 0.1) is 18.9 Å². The fraction of sp³-hybridized carbons (Fsp3) is 0.429. The summed E-state index contributed by atoms with van der Waals surface area (Å²) in [5, 5.41) is 15.2. The molecular formula is C14H17NO2S. The summed E-state index contributed by atoms with van der Waals surface area (Å²) in [7, 11) is 0. The van der Waals surface area contributed by atoms with E-state index in [2.05, 4.69) is 16.8 Å². The van der Waals surface area contributed by atoms with Crippen molar-refractivity contribution in [2.75, 3.05) is 6.61 Å². The molecule has 2 heterocycles. The Balaban J connectivity index is 1.77. The summed E-state index contributed by atoms with van der Waals surface area (Å²) in [6.07, 6.45) is 5.18. The highest BCUT2D eigenvalue weighted by Gasteiger charge is 2.24. The average Bonchev–Trinajstić information content (AvgIpc) is 3.06. The summed E-state index contributed by atoms with van der Waals surface area (Å²) in [6.45, 7) is 0.0590. The van der Waals surface area contributed by atoms with Crippen molar-refractivity contribution in [3.05, 3.63) is 46.0 Å². The minimum atomic E-state index is -0.115. The van der Waals surface area contributed by atoms with Gasteiger partial charge in [-0.1, -0.05) is 0 Å². The predicted octanol–water partition coefficient (Wildman–Crippen LogP) is 3.04. The van der Waals surface area contributed by atoms with E-state index in [0.29, 0.717) is 6.04 Å². The van der Waals surface area contributed by atoms with Gasteiger partial charge in [0.15, 0.2) is 0 Å². The van der Waals surface area contributed by atoms with E-state index < -0.39 is 0 Å².